The van der Waals surface area contributed by atoms with Crippen LogP contribution in [0.1, 0.15) is 37.6 Å². The van der Waals surface area contributed by atoms with Gasteiger partial charge in [0.15, 0.2) is 0 Å². The molecule has 74 valence electrons. The van der Waals surface area contributed by atoms with Crippen LogP contribution in [-0.4, -0.2) is 16.2 Å². The molecular weight excluding hydrogens is 182 g/mol. The summed E-state index contributed by atoms with van der Waals surface area (Å²) in [6.45, 7) is 8.25. The van der Waals surface area contributed by atoms with Crippen LogP contribution < -0.4 is 0 Å². The van der Waals surface area contributed by atoms with Gasteiger partial charge in [-0.25, -0.2) is 4.98 Å². The molecule has 0 aliphatic carbocycles. The zero-order chi connectivity index (χ0) is 10.1. The van der Waals surface area contributed by atoms with Gasteiger partial charge in [0.2, 0.25) is 0 Å². The highest BCUT2D eigenvalue weighted by atomic mass is 32.1. The Bertz CT molecular complexity index is 273. The average Bonchev–Trinajstić information content (AvgIpc) is 2.32. The van der Waals surface area contributed by atoms with Crippen LogP contribution in [0.5, 0.6) is 0 Å². The van der Waals surface area contributed by atoms with Crippen LogP contribution in [0.15, 0.2) is 6.20 Å². The summed E-state index contributed by atoms with van der Waals surface area (Å²) in [6, 6.07) is 0. The van der Waals surface area contributed by atoms with Crippen molar-refractivity contribution in [3.05, 3.63) is 16.1 Å². The zero-order valence-corrected chi connectivity index (χ0v) is 9.48. The van der Waals surface area contributed by atoms with Crippen LogP contribution >= 0.6 is 11.3 Å². The molecule has 0 aliphatic rings. The first-order valence-electron chi connectivity index (χ1n) is 4.53. The van der Waals surface area contributed by atoms with Crippen molar-refractivity contribution in [1.29, 1.82) is 0 Å². The molecule has 1 rings (SSSR count). The molecule has 0 aromatic carbocycles. The van der Waals surface area contributed by atoms with Gasteiger partial charge in [0.05, 0.1) is 11.1 Å². The van der Waals surface area contributed by atoms with Gasteiger partial charge in [-0.05, 0) is 6.92 Å². The quantitative estimate of drug-likeness (QED) is 0.793. The average molecular weight is 199 g/mol. The Morgan fingerprint density at radius 3 is 2.54 bits per heavy atom. The molecular formula is C10H17NOS. The molecule has 1 atom stereocenters. The van der Waals surface area contributed by atoms with Crippen molar-refractivity contribution >= 4 is 11.3 Å². The molecule has 1 aromatic heterocycles. The fourth-order valence-electron chi connectivity index (χ4n) is 1.04. The van der Waals surface area contributed by atoms with Crippen LogP contribution in [0.3, 0.4) is 0 Å². The molecule has 2 nitrogen and oxygen atoms in total. The van der Waals surface area contributed by atoms with Gasteiger partial charge in [0.25, 0.3) is 0 Å². The van der Waals surface area contributed by atoms with Crippen molar-refractivity contribution in [1.82, 2.24) is 4.98 Å². The van der Waals surface area contributed by atoms with Crippen molar-refractivity contribution in [2.75, 3.05) is 0 Å². The van der Waals surface area contributed by atoms with E-state index in [0.717, 1.165) is 5.01 Å². The minimum atomic E-state index is -0.270. The maximum atomic E-state index is 9.20. The largest absolute Gasteiger partial charge is 0.393 e. The van der Waals surface area contributed by atoms with Crippen LogP contribution in [0, 0.1) is 0 Å². The minimum absolute atomic E-state index is 0.127. The predicted octanol–water partition coefficient (Wildman–Crippen LogP) is 2.36. The molecule has 0 aliphatic heterocycles. The second-order valence-corrected chi connectivity index (χ2v) is 5.55. The molecule has 0 saturated carbocycles. The lowest BCUT2D eigenvalue weighted by Crippen LogP contribution is -2.09. The highest BCUT2D eigenvalue weighted by molar-refractivity contribution is 7.11. The van der Waals surface area contributed by atoms with Gasteiger partial charge < -0.3 is 5.11 Å². The molecule has 1 unspecified atom stereocenters. The second-order valence-electron chi connectivity index (χ2n) is 4.43. The van der Waals surface area contributed by atoms with Gasteiger partial charge in [-0.15, -0.1) is 11.3 Å². The van der Waals surface area contributed by atoms with Gasteiger partial charge in [-0.1, -0.05) is 20.8 Å². The van der Waals surface area contributed by atoms with E-state index in [1.54, 1.807) is 18.3 Å². The Kier molecular flexibility index (Phi) is 3.09. The van der Waals surface area contributed by atoms with E-state index in [2.05, 4.69) is 25.8 Å². The number of aromatic nitrogens is 1. The number of hydrogen-bond acceptors (Lipinski definition) is 3. The van der Waals surface area contributed by atoms with E-state index in [0.29, 0.717) is 6.42 Å². The number of thiazole rings is 1. The predicted molar refractivity (Wildman–Crippen MR) is 56.2 cm³/mol. The Labute approximate surface area is 83.6 Å². The third-order valence-corrected chi connectivity index (χ3v) is 3.14. The Hall–Kier alpha value is -0.410. The lowest BCUT2D eigenvalue weighted by molar-refractivity contribution is 0.196. The first-order chi connectivity index (χ1) is 5.89. The van der Waals surface area contributed by atoms with Crippen molar-refractivity contribution < 1.29 is 5.11 Å². The smallest absolute Gasteiger partial charge is 0.0981 e. The Morgan fingerprint density at radius 2 is 2.15 bits per heavy atom. The molecule has 0 fully saturated rings. The van der Waals surface area contributed by atoms with Gasteiger partial charge in [0.1, 0.15) is 0 Å². The van der Waals surface area contributed by atoms with E-state index in [-0.39, 0.29) is 11.5 Å². The molecule has 0 bridgehead atoms. The molecule has 1 aromatic rings. The van der Waals surface area contributed by atoms with E-state index in [1.807, 2.05) is 6.20 Å². The van der Waals surface area contributed by atoms with E-state index < -0.39 is 0 Å². The summed E-state index contributed by atoms with van der Waals surface area (Å²) in [7, 11) is 0. The van der Waals surface area contributed by atoms with Gasteiger partial charge in [0, 0.05) is 22.9 Å². The molecule has 0 radical (unpaired) electrons. The first-order valence-corrected chi connectivity index (χ1v) is 5.34. The highest BCUT2D eigenvalue weighted by Crippen LogP contribution is 2.27. The highest BCUT2D eigenvalue weighted by Gasteiger charge is 2.18. The van der Waals surface area contributed by atoms with Crippen LogP contribution in [-0.2, 0) is 11.8 Å². The van der Waals surface area contributed by atoms with E-state index >= 15 is 0 Å². The van der Waals surface area contributed by atoms with E-state index in [1.165, 1.54) is 4.88 Å². The maximum absolute atomic E-state index is 9.20. The summed E-state index contributed by atoms with van der Waals surface area (Å²) in [6.07, 6.45) is 2.32. The number of nitrogens with zero attached hydrogens (tertiary/aromatic N) is 1. The van der Waals surface area contributed by atoms with Crippen molar-refractivity contribution in [3.8, 4) is 0 Å². The Balaban J connectivity index is 2.75. The summed E-state index contributed by atoms with van der Waals surface area (Å²) in [5.74, 6) is 0. The number of aliphatic hydroxyl groups excluding tert-OH is 1. The van der Waals surface area contributed by atoms with Crippen LogP contribution in [0.2, 0.25) is 0 Å². The van der Waals surface area contributed by atoms with Crippen LogP contribution in [0.4, 0.5) is 0 Å². The number of rotatable bonds is 2. The van der Waals surface area contributed by atoms with Crippen molar-refractivity contribution in [3.63, 3.8) is 0 Å². The SMILES string of the molecule is CC(O)Cc1cnc(C(C)(C)C)s1. The molecule has 1 N–H and O–H groups in total. The topological polar surface area (TPSA) is 33.1 Å². The van der Waals surface area contributed by atoms with Gasteiger partial charge in [-0.3, -0.25) is 0 Å². The van der Waals surface area contributed by atoms with E-state index in [4.69, 9.17) is 0 Å². The second kappa shape index (κ2) is 3.76. The zero-order valence-electron chi connectivity index (χ0n) is 8.66. The molecule has 0 saturated heterocycles. The standard InChI is InChI=1S/C10H17NOS/c1-7(12)5-8-6-11-9(13-8)10(2,3)4/h6-7,12H,5H2,1-4H3. The first kappa shape index (κ1) is 10.7. The minimum Gasteiger partial charge on any atom is -0.393 e. The molecule has 0 amide bonds. The summed E-state index contributed by atoms with van der Waals surface area (Å²) in [5, 5.41) is 10.3. The lowest BCUT2D eigenvalue weighted by atomic mass is 9.98. The van der Waals surface area contributed by atoms with Gasteiger partial charge in [-0.2, -0.15) is 0 Å². The summed E-state index contributed by atoms with van der Waals surface area (Å²) in [4.78, 5) is 5.51. The van der Waals surface area contributed by atoms with Crippen LogP contribution in [0.25, 0.3) is 0 Å². The summed E-state index contributed by atoms with van der Waals surface area (Å²) in [5.41, 5.74) is 0.127. The number of aliphatic hydroxyl groups is 1. The fourth-order valence-corrected chi connectivity index (χ4v) is 2.13. The normalized spacial score (nSPS) is 14.5. The van der Waals surface area contributed by atoms with Gasteiger partial charge >= 0.3 is 0 Å². The van der Waals surface area contributed by atoms with Crippen molar-refractivity contribution in [2.24, 2.45) is 0 Å². The lowest BCUT2D eigenvalue weighted by Gasteiger charge is -2.13. The molecule has 1 heterocycles. The molecule has 13 heavy (non-hydrogen) atoms. The third-order valence-electron chi connectivity index (χ3n) is 1.69. The fraction of sp³-hybridized carbons (Fsp3) is 0.700. The third kappa shape index (κ3) is 3.08. The molecule has 0 spiro atoms. The Morgan fingerprint density at radius 1 is 1.54 bits per heavy atom. The maximum Gasteiger partial charge on any atom is 0.0981 e. The van der Waals surface area contributed by atoms with E-state index in [9.17, 15) is 5.11 Å². The number of hydrogen-bond donors (Lipinski definition) is 1. The molecule has 3 heteroatoms. The summed E-state index contributed by atoms with van der Waals surface area (Å²) < 4.78 is 0. The monoisotopic (exact) mass is 199 g/mol. The summed E-state index contributed by atoms with van der Waals surface area (Å²) >= 11 is 1.70. The van der Waals surface area contributed by atoms with Crippen molar-refractivity contribution in [2.45, 2.75) is 45.6 Å².